The molecule has 1 aromatic carbocycles. The second-order valence-corrected chi connectivity index (χ2v) is 5.66. The lowest BCUT2D eigenvalue weighted by Crippen LogP contribution is -2.20. The highest BCUT2D eigenvalue weighted by Gasteiger charge is 2.26. The average molecular weight is 286 g/mol. The number of benzene rings is 1. The molecule has 20 heavy (non-hydrogen) atoms. The predicted molar refractivity (Wildman–Crippen MR) is 80.1 cm³/mol. The van der Waals surface area contributed by atoms with E-state index in [1.165, 1.54) is 11.1 Å². The molecule has 1 unspecified atom stereocenters. The number of carbonyl (C=O) groups excluding carboxylic acids is 1. The summed E-state index contributed by atoms with van der Waals surface area (Å²) in [6.45, 7) is 0. The lowest BCUT2D eigenvalue weighted by Gasteiger charge is -2.24. The van der Waals surface area contributed by atoms with Gasteiger partial charge in [-0.1, -0.05) is 35.9 Å². The molecular formula is C17H16ClNO. The quantitative estimate of drug-likeness (QED) is 0.854. The molecule has 0 radical (unpaired) electrons. The number of carbonyl (C=O) groups is 1. The van der Waals surface area contributed by atoms with E-state index in [2.05, 4.69) is 17.1 Å². The normalized spacial score (nSPS) is 17.6. The van der Waals surface area contributed by atoms with Gasteiger partial charge in [-0.15, -0.1) is 0 Å². The molecule has 0 fully saturated rings. The van der Waals surface area contributed by atoms with Crippen LogP contribution >= 0.6 is 11.6 Å². The first-order chi connectivity index (χ1) is 9.75. The molecule has 0 N–H and O–H groups in total. The number of rotatable bonds is 3. The highest BCUT2D eigenvalue weighted by Crippen LogP contribution is 2.33. The van der Waals surface area contributed by atoms with Crippen LogP contribution in [0.3, 0.4) is 0 Å². The van der Waals surface area contributed by atoms with Crippen LogP contribution < -0.4 is 0 Å². The fourth-order valence-corrected chi connectivity index (χ4v) is 3.13. The van der Waals surface area contributed by atoms with E-state index in [9.17, 15) is 4.79 Å². The predicted octanol–water partition coefficient (Wildman–Crippen LogP) is 3.97. The van der Waals surface area contributed by atoms with Crippen molar-refractivity contribution < 1.29 is 4.79 Å². The summed E-state index contributed by atoms with van der Waals surface area (Å²) in [6.07, 6.45) is 6.77. The molecule has 1 aliphatic carbocycles. The third kappa shape index (κ3) is 2.61. The molecule has 1 heterocycles. The van der Waals surface area contributed by atoms with Crippen molar-refractivity contribution in [1.82, 2.24) is 4.98 Å². The SMILES string of the molecule is O=C(Cc1ccncc1Cl)C1CCCc2ccccc21. The zero-order valence-electron chi connectivity index (χ0n) is 11.2. The smallest absolute Gasteiger partial charge is 0.144 e. The average Bonchev–Trinajstić information content (AvgIpc) is 2.49. The van der Waals surface area contributed by atoms with Crippen molar-refractivity contribution in [2.75, 3.05) is 0 Å². The van der Waals surface area contributed by atoms with Crippen LogP contribution in [0.4, 0.5) is 0 Å². The minimum atomic E-state index is 0.0178. The molecular weight excluding hydrogens is 270 g/mol. The summed E-state index contributed by atoms with van der Waals surface area (Å²) in [5.74, 6) is 0.273. The van der Waals surface area contributed by atoms with Crippen molar-refractivity contribution in [1.29, 1.82) is 0 Å². The topological polar surface area (TPSA) is 30.0 Å². The monoisotopic (exact) mass is 285 g/mol. The van der Waals surface area contributed by atoms with Gasteiger partial charge in [-0.05, 0) is 42.0 Å². The summed E-state index contributed by atoms with van der Waals surface area (Å²) in [4.78, 5) is 16.6. The van der Waals surface area contributed by atoms with E-state index in [0.717, 1.165) is 24.8 Å². The Balaban J connectivity index is 1.84. The van der Waals surface area contributed by atoms with Gasteiger partial charge >= 0.3 is 0 Å². The number of hydrogen-bond acceptors (Lipinski definition) is 2. The molecule has 2 aromatic rings. The molecule has 0 amide bonds. The molecule has 0 aliphatic heterocycles. The summed E-state index contributed by atoms with van der Waals surface area (Å²) < 4.78 is 0. The Morgan fingerprint density at radius 2 is 2.15 bits per heavy atom. The van der Waals surface area contributed by atoms with Crippen LogP contribution in [0.25, 0.3) is 0 Å². The molecule has 3 rings (SSSR count). The van der Waals surface area contributed by atoms with E-state index in [1.807, 2.05) is 18.2 Å². The number of aromatic nitrogens is 1. The van der Waals surface area contributed by atoms with E-state index < -0.39 is 0 Å². The minimum absolute atomic E-state index is 0.0178. The minimum Gasteiger partial charge on any atom is -0.299 e. The Kier molecular flexibility index (Phi) is 3.83. The molecule has 1 atom stereocenters. The molecule has 0 saturated carbocycles. The lowest BCUT2D eigenvalue weighted by atomic mass is 9.79. The van der Waals surface area contributed by atoms with E-state index in [-0.39, 0.29) is 11.7 Å². The molecule has 2 nitrogen and oxygen atoms in total. The van der Waals surface area contributed by atoms with Crippen molar-refractivity contribution in [3.8, 4) is 0 Å². The number of aryl methyl sites for hydroxylation is 1. The number of halogens is 1. The van der Waals surface area contributed by atoms with Gasteiger partial charge in [-0.25, -0.2) is 0 Å². The molecule has 102 valence electrons. The van der Waals surface area contributed by atoms with Gasteiger partial charge in [0.05, 0.1) is 5.02 Å². The van der Waals surface area contributed by atoms with Crippen LogP contribution in [-0.2, 0) is 17.6 Å². The molecule has 0 spiro atoms. The third-order valence-corrected chi connectivity index (χ3v) is 4.32. The van der Waals surface area contributed by atoms with E-state index in [0.29, 0.717) is 11.4 Å². The number of ketones is 1. The largest absolute Gasteiger partial charge is 0.299 e. The summed E-state index contributed by atoms with van der Waals surface area (Å²) in [7, 11) is 0. The van der Waals surface area contributed by atoms with Crippen molar-refractivity contribution in [3.63, 3.8) is 0 Å². The van der Waals surface area contributed by atoms with Crippen LogP contribution in [-0.4, -0.2) is 10.8 Å². The van der Waals surface area contributed by atoms with Crippen LogP contribution in [0.5, 0.6) is 0 Å². The fraction of sp³-hybridized carbons (Fsp3) is 0.294. The zero-order valence-corrected chi connectivity index (χ0v) is 11.9. The van der Waals surface area contributed by atoms with Gasteiger partial charge in [-0.2, -0.15) is 0 Å². The van der Waals surface area contributed by atoms with Gasteiger partial charge < -0.3 is 0 Å². The van der Waals surface area contributed by atoms with Gasteiger partial charge in [0.1, 0.15) is 5.78 Å². The van der Waals surface area contributed by atoms with E-state index in [4.69, 9.17) is 11.6 Å². The van der Waals surface area contributed by atoms with Gasteiger partial charge in [0.15, 0.2) is 0 Å². The molecule has 0 saturated heterocycles. The first-order valence-corrected chi connectivity index (χ1v) is 7.32. The number of Topliss-reactive ketones (excluding diaryl/α,β-unsaturated/α-hetero) is 1. The summed E-state index contributed by atoms with van der Waals surface area (Å²) in [5, 5.41) is 0.574. The Bertz CT molecular complexity index is 638. The third-order valence-electron chi connectivity index (χ3n) is 3.98. The van der Waals surface area contributed by atoms with Crippen molar-refractivity contribution in [2.45, 2.75) is 31.6 Å². The molecule has 3 heteroatoms. The van der Waals surface area contributed by atoms with Crippen molar-refractivity contribution in [3.05, 3.63) is 64.4 Å². The second-order valence-electron chi connectivity index (χ2n) is 5.25. The van der Waals surface area contributed by atoms with Gasteiger partial charge in [0, 0.05) is 24.7 Å². The van der Waals surface area contributed by atoms with Crippen molar-refractivity contribution >= 4 is 17.4 Å². The number of hydrogen-bond donors (Lipinski definition) is 0. The Morgan fingerprint density at radius 3 is 3.00 bits per heavy atom. The van der Waals surface area contributed by atoms with Crippen LogP contribution in [0.2, 0.25) is 5.02 Å². The highest BCUT2D eigenvalue weighted by molar-refractivity contribution is 6.31. The maximum atomic E-state index is 12.6. The van der Waals surface area contributed by atoms with Gasteiger partial charge in [0.2, 0.25) is 0 Å². The Hall–Kier alpha value is -1.67. The zero-order chi connectivity index (χ0) is 13.9. The fourth-order valence-electron chi connectivity index (χ4n) is 2.95. The maximum Gasteiger partial charge on any atom is 0.144 e. The lowest BCUT2D eigenvalue weighted by molar-refractivity contribution is -0.120. The standard InChI is InChI=1S/C17H16ClNO/c18-16-11-19-9-8-13(16)10-17(20)15-7-3-5-12-4-1-2-6-14(12)15/h1-2,4,6,8-9,11,15H,3,5,7,10H2. The molecule has 0 bridgehead atoms. The first-order valence-electron chi connectivity index (χ1n) is 6.94. The van der Waals surface area contributed by atoms with Gasteiger partial charge in [0.25, 0.3) is 0 Å². The number of pyridine rings is 1. The Labute approximate surface area is 123 Å². The van der Waals surface area contributed by atoms with Gasteiger partial charge in [-0.3, -0.25) is 9.78 Å². The first kappa shape index (κ1) is 13.3. The van der Waals surface area contributed by atoms with Crippen LogP contribution in [0.1, 0.15) is 35.4 Å². The maximum absolute atomic E-state index is 12.6. The van der Waals surface area contributed by atoms with Crippen LogP contribution in [0, 0.1) is 0 Å². The summed E-state index contributed by atoms with van der Waals surface area (Å²) >= 11 is 6.09. The second kappa shape index (κ2) is 5.76. The van der Waals surface area contributed by atoms with Crippen molar-refractivity contribution in [2.24, 2.45) is 0 Å². The number of fused-ring (bicyclic) bond motifs is 1. The Morgan fingerprint density at radius 1 is 1.30 bits per heavy atom. The molecule has 1 aromatic heterocycles. The van der Waals surface area contributed by atoms with E-state index >= 15 is 0 Å². The highest BCUT2D eigenvalue weighted by atomic mass is 35.5. The summed E-state index contributed by atoms with van der Waals surface area (Å²) in [5.41, 5.74) is 3.39. The van der Waals surface area contributed by atoms with Crippen LogP contribution in [0.15, 0.2) is 42.7 Å². The van der Waals surface area contributed by atoms with E-state index in [1.54, 1.807) is 12.4 Å². The molecule has 1 aliphatic rings. The number of nitrogens with zero attached hydrogens (tertiary/aromatic N) is 1. The summed E-state index contributed by atoms with van der Waals surface area (Å²) in [6, 6.07) is 10.1.